The van der Waals surface area contributed by atoms with E-state index in [1.54, 1.807) is 46.8 Å². The van der Waals surface area contributed by atoms with Crippen molar-refractivity contribution in [2.45, 2.75) is 40.7 Å². The summed E-state index contributed by atoms with van der Waals surface area (Å²) in [4.78, 5) is 22.7. The molecule has 17 heavy (non-hydrogen) atoms. The Kier molecular flexibility index (Phi) is 6.94. The Hall–Kier alpha value is -1.58. The molecule has 0 aromatic rings. The lowest BCUT2D eigenvalue weighted by atomic mass is 10.3. The van der Waals surface area contributed by atoms with Crippen LogP contribution in [0.4, 0.5) is 0 Å². The quantitative estimate of drug-likeness (QED) is 0.547. The second kappa shape index (κ2) is 7.65. The first-order chi connectivity index (χ1) is 7.92. The predicted molar refractivity (Wildman–Crippen MR) is 65.4 cm³/mol. The number of esters is 2. The molecule has 0 bridgehead atoms. The fourth-order valence-electron chi connectivity index (χ4n) is 0.852. The Morgan fingerprint density at radius 2 is 1.53 bits per heavy atom. The van der Waals surface area contributed by atoms with Gasteiger partial charge in [0.1, 0.15) is 12.7 Å². The van der Waals surface area contributed by atoms with E-state index in [2.05, 4.69) is 0 Å². The van der Waals surface area contributed by atoms with Crippen LogP contribution in [0.2, 0.25) is 0 Å². The van der Waals surface area contributed by atoms with Gasteiger partial charge in [-0.15, -0.1) is 0 Å². The zero-order chi connectivity index (χ0) is 13.4. The van der Waals surface area contributed by atoms with Gasteiger partial charge >= 0.3 is 11.9 Å². The standard InChI is InChI=1S/C13H20O4/c1-6-9(3)12(14)16-8-11(5)17-13(15)10(4)7-2/h6-7,11H,8H2,1-5H3/b9-6+,10-7+. The fraction of sp³-hybridized carbons (Fsp3) is 0.538. The second-order valence-corrected chi connectivity index (χ2v) is 3.76. The summed E-state index contributed by atoms with van der Waals surface area (Å²) >= 11 is 0. The normalized spacial score (nSPS) is 14.2. The van der Waals surface area contributed by atoms with Crippen molar-refractivity contribution in [1.82, 2.24) is 0 Å². The number of ether oxygens (including phenoxy) is 2. The monoisotopic (exact) mass is 240 g/mol. The van der Waals surface area contributed by atoms with Gasteiger partial charge in [-0.1, -0.05) is 12.2 Å². The van der Waals surface area contributed by atoms with Crippen molar-refractivity contribution in [3.05, 3.63) is 23.3 Å². The average Bonchev–Trinajstić information content (AvgIpc) is 2.33. The largest absolute Gasteiger partial charge is 0.458 e. The molecule has 0 aromatic heterocycles. The first-order valence-electron chi connectivity index (χ1n) is 5.56. The second-order valence-electron chi connectivity index (χ2n) is 3.76. The summed E-state index contributed by atoms with van der Waals surface area (Å²) in [5.74, 6) is -0.781. The molecule has 0 heterocycles. The van der Waals surface area contributed by atoms with Crippen molar-refractivity contribution in [2.24, 2.45) is 0 Å². The Morgan fingerprint density at radius 1 is 1.06 bits per heavy atom. The molecular formula is C13H20O4. The van der Waals surface area contributed by atoms with Gasteiger partial charge in [0.25, 0.3) is 0 Å². The molecule has 4 heteroatoms. The van der Waals surface area contributed by atoms with Crippen molar-refractivity contribution < 1.29 is 19.1 Å². The summed E-state index contributed by atoms with van der Waals surface area (Å²) in [6.45, 7) is 8.60. The topological polar surface area (TPSA) is 52.6 Å². The number of carbonyl (C=O) groups excluding carboxylic acids is 2. The van der Waals surface area contributed by atoms with Gasteiger partial charge in [0.15, 0.2) is 0 Å². The molecule has 0 rings (SSSR count). The predicted octanol–water partition coefficient (Wildman–Crippen LogP) is 2.39. The van der Waals surface area contributed by atoms with Crippen molar-refractivity contribution in [1.29, 1.82) is 0 Å². The summed E-state index contributed by atoms with van der Waals surface area (Å²) in [5, 5.41) is 0. The molecular weight excluding hydrogens is 220 g/mol. The molecule has 0 aliphatic carbocycles. The van der Waals surface area contributed by atoms with Gasteiger partial charge in [0.05, 0.1) is 0 Å². The molecule has 0 saturated carbocycles. The van der Waals surface area contributed by atoms with Gasteiger partial charge < -0.3 is 9.47 Å². The van der Waals surface area contributed by atoms with Crippen LogP contribution in [0.5, 0.6) is 0 Å². The third-order valence-corrected chi connectivity index (χ3v) is 2.27. The molecule has 96 valence electrons. The van der Waals surface area contributed by atoms with E-state index >= 15 is 0 Å². The summed E-state index contributed by atoms with van der Waals surface area (Å²) in [5.41, 5.74) is 1.07. The highest BCUT2D eigenvalue weighted by atomic mass is 16.6. The van der Waals surface area contributed by atoms with E-state index < -0.39 is 12.1 Å². The SMILES string of the molecule is C/C=C(\C)C(=O)OCC(C)OC(=O)/C(C)=C/C. The molecule has 0 radical (unpaired) electrons. The molecule has 4 nitrogen and oxygen atoms in total. The van der Waals surface area contributed by atoms with Crippen molar-refractivity contribution in [3.63, 3.8) is 0 Å². The lowest BCUT2D eigenvalue weighted by Gasteiger charge is -2.13. The maximum absolute atomic E-state index is 11.4. The van der Waals surface area contributed by atoms with Crippen LogP contribution in [-0.2, 0) is 19.1 Å². The van der Waals surface area contributed by atoms with Crippen LogP contribution < -0.4 is 0 Å². The molecule has 1 unspecified atom stereocenters. The highest BCUT2D eigenvalue weighted by Crippen LogP contribution is 2.03. The summed E-state index contributed by atoms with van der Waals surface area (Å²) < 4.78 is 10.0. The molecule has 0 N–H and O–H groups in total. The maximum Gasteiger partial charge on any atom is 0.333 e. The Labute approximate surface area is 102 Å². The lowest BCUT2D eigenvalue weighted by Crippen LogP contribution is -2.23. The summed E-state index contributed by atoms with van der Waals surface area (Å²) in [7, 11) is 0. The average molecular weight is 240 g/mol. The first-order valence-corrected chi connectivity index (χ1v) is 5.56. The number of hydrogen-bond acceptors (Lipinski definition) is 4. The minimum absolute atomic E-state index is 0.0622. The van der Waals surface area contributed by atoms with Crippen LogP contribution in [0.3, 0.4) is 0 Å². The van der Waals surface area contributed by atoms with E-state index in [1.165, 1.54) is 0 Å². The van der Waals surface area contributed by atoms with Gasteiger partial charge in [-0.3, -0.25) is 0 Å². The number of hydrogen-bond donors (Lipinski definition) is 0. The third-order valence-electron chi connectivity index (χ3n) is 2.27. The summed E-state index contributed by atoms with van der Waals surface area (Å²) in [6, 6.07) is 0. The molecule has 1 atom stereocenters. The van der Waals surface area contributed by atoms with E-state index in [9.17, 15) is 9.59 Å². The minimum atomic E-state index is -0.453. The van der Waals surface area contributed by atoms with Crippen LogP contribution in [0.25, 0.3) is 0 Å². The van der Waals surface area contributed by atoms with E-state index in [0.29, 0.717) is 11.1 Å². The molecule has 0 aliphatic heterocycles. The Morgan fingerprint density at radius 3 is 2.00 bits per heavy atom. The van der Waals surface area contributed by atoms with Gasteiger partial charge in [0, 0.05) is 11.1 Å². The summed E-state index contributed by atoms with van der Waals surface area (Å²) in [6.07, 6.45) is 2.89. The fourth-order valence-corrected chi connectivity index (χ4v) is 0.852. The van der Waals surface area contributed by atoms with Gasteiger partial charge in [-0.25, -0.2) is 9.59 Å². The van der Waals surface area contributed by atoms with Gasteiger partial charge in [-0.05, 0) is 34.6 Å². The van der Waals surface area contributed by atoms with Crippen LogP contribution in [0, 0.1) is 0 Å². The van der Waals surface area contributed by atoms with E-state index in [1.807, 2.05) is 0 Å². The van der Waals surface area contributed by atoms with Crippen molar-refractivity contribution in [2.75, 3.05) is 6.61 Å². The number of carbonyl (C=O) groups is 2. The third kappa shape index (κ3) is 5.90. The molecule has 0 saturated heterocycles. The van der Waals surface area contributed by atoms with E-state index in [0.717, 1.165) is 0 Å². The van der Waals surface area contributed by atoms with Crippen LogP contribution >= 0.6 is 0 Å². The first kappa shape index (κ1) is 15.4. The molecule has 0 aliphatic rings. The van der Waals surface area contributed by atoms with Gasteiger partial charge in [0.2, 0.25) is 0 Å². The van der Waals surface area contributed by atoms with Crippen LogP contribution in [0.1, 0.15) is 34.6 Å². The Balaban J connectivity index is 4.09. The lowest BCUT2D eigenvalue weighted by molar-refractivity contribution is -0.152. The minimum Gasteiger partial charge on any atom is -0.458 e. The van der Waals surface area contributed by atoms with E-state index in [4.69, 9.17) is 9.47 Å². The van der Waals surface area contributed by atoms with E-state index in [-0.39, 0.29) is 12.6 Å². The van der Waals surface area contributed by atoms with Crippen LogP contribution in [0.15, 0.2) is 23.3 Å². The number of allylic oxidation sites excluding steroid dienone is 2. The highest BCUT2D eigenvalue weighted by Gasteiger charge is 2.13. The van der Waals surface area contributed by atoms with Gasteiger partial charge in [-0.2, -0.15) is 0 Å². The van der Waals surface area contributed by atoms with Crippen molar-refractivity contribution >= 4 is 11.9 Å². The zero-order valence-electron chi connectivity index (χ0n) is 11.1. The smallest absolute Gasteiger partial charge is 0.333 e. The molecule has 0 aromatic carbocycles. The van der Waals surface area contributed by atoms with Crippen LogP contribution in [-0.4, -0.2) is 24.6 Å². The maximum atomic E-state index is 11.4. The number of rotatable bonds is 5. The molecule has 0 spiro atoms. The Bertz CT molecular complexity index is 339. The molecule has 0 fully saturated rings. The van der Waals surface area contributed by atoms with Crippen molar-refractivity contribution in [3.8, 4) is 0 Å². The highest BCUT2D eigenvalue weighted by molar-refractivity contribution is 5.88. The molecule has 0 amide bonds. The zero-order valence-corrected chi connectivity index (χ0v) is 11.1.